The minimum Gasteiger partial charge on any atom is -0.395 e. The summed E-state index contributed by atoms with van der Waals surface area (Å²) in [5.41, 5.74) is 6.32. The van der Waals surface area contributed by atoms with Crippen LogP contribution in [0.1, 0.15) is 19.8 Å². The van der Waals surface area contributed by atoms with E-state index in [-0.39, 0.29) is 11.7 Å². The van der Waals surface area contributed by atoms with Crippen molar-refractivity contribution >= 4 is 11.4 Å². The van der Waals surface area contributed by atoms with Gasteiger partial charge >= 0.3 is 0 Å². The van der Waals surface area contributed by atoms with Crippen LogP contribution >= 0.6 is 0 Å². The molecule has 1 aromatic rings. The zero-order chi connectivity index (χ0) is 14.0. The Kier molecular flexibility index (Phi) is 4.24. The van der Waals surface area contributed by atoms with Gasteiger partial charge in [-0.2, -0.15) is 0 Å². The molecule has 0 radical (unpaired) electrons. The number of anilines is 2. The number of halogens is 2. The molecule has 3 nitrogen and oxygen atoms in total. The van der Waals surface area contributed by atoms with E-state index in [1.807, 2.05) is 4.90 Å². The fraction of sp³-hybridized carbons (Fsp3) is 0.571. The average molecular weight is 269 g/mol. The highest BCUT2D eigenvalue weighted by molar-refractivity contribution is 5.68. The van der Waals surface area contributed by atoms with Crippen molar-refractivity contribution in [2.24, 2.45) is 0 Å². The smallest absolute Gasteiger partial charge is 0.151 e. The van der Waals surface area contributed by atoms with Crippen molar-refractivity contribution in [1.29, 1.82) is 0 Å². The molecule has 1 heterocycles. The van der Waals surface area contributed by atoms with Gasteiger partial charge in [0.2, 0.25) is 0 Å². The van der Waals surface area contributed by atoms with Crippen LogP contribution in [0, 0.1) is 11.6 Å². The summed E-state index contributed by atoms with van der Waals surface area (Å²) in [6, 6.07) is 2.41. The first-order valence-corrected chi connectivity index (χ1v) is 6.72. The number of hydrogen-bond acceptors (Lipinski definition) is 3. The van der Waals surface area contributed by atoms with E-state index in [2.05, 4.69) is 18.9 Å². The topological polar surface area (TPSA) is 32.5 Å². The van der Waals surface area contributed by atoms with Gasteiger partial charge in [0.25, 0.3) is 0 Å². The second-order valence-corrected chi connectivity index (χ2v) is 5.19. The Morgan fingerprint density at radius 2 is 2.05 bits per heavy atom. The van der Waals surface area contributed by atoms with Crippen LogP contribution in [-0.2, 0) is 0 Å². The lowest BCUT2D eigenvalue weighted by molar-refractivity contribution is 0.328. The van der Waals surface area contributed by atoms with Crippen molar-refractivity contribution in [1.82, 2.24) is 4.90 Å². The molecular formula is C14H21F2N3. The molecule has 0 amide bonds. The number of nitrogen functional groups attached to an aromatic ring is 1. The lowest BCUT2D eigenvalue weighted by Gasteiger charge is -2.33. The van der Waals surface area contributed by atoms with Gasteiger partial charge in [0.15, 0.2) is 5.82 Å². The van der Waals surface area contributed by atoms with Crippen molar-refractivity contribution in [3.63, 3.8) is 0 Å². The summed E-state index contributed by atoms with van der Waals surface area (Å²) in [5, 5.41) is 0. The number of nitrogens with two attached hydrogens (primary N) is 1. The quantitative estimate of drug-likeness (QED) is 0.837. The maximum atomic E-state index is 13.6. The summed E-state index contributed by atoms with van der Waals surface area (Å²) in [7, 11) is 2.07. The Morgan fingerprint density at radius 3 is 2.74 bits per heavy atom. The summed E-state index contributed by atoms with van der Waals surface area (Å²) in [6.07, 6.45) is 1.88. The second-order valence-electron chi connectivity index (χ2n) is 5.19. The Balaban J connectivity index is 2.37. The van der Waals surface area contributed by atoms with E-state index in [1.54, 1.807) is 0 Å². The van der Waals surface area contributed by atoms with Crippen LogP contribution in [0.15, 0.2) is 12.1 Å². The van der Waals surface area contributed by atoms with Crippen LogP contribution < -0.4 is 10.6 Å². The van der Waals surface area contributed by atoms with E-state index in [4.69, 9.17) is 5.73 Å². The van der Waals surface area contributed by atoms with Crippen LogP contribution in [-0.4, -0.2) is 37.6 Å². The Bertz CT molecular complexity index is 451. The number of hydrogen-bond donors (Lipinski definition) is 1. The molecule has 1 aromatic carbocycles. The standard InChI is InChI=1S/C14H21F2N3/c1-3-11-9-18(2)5-4-6-19(11)13-8-10(15)7-12(16)14(13)17/h7-8,11H,3-6,9,17H2,1-2H3. The molecule has 2 N–H and O–H groups in total. The minimum atomic E-state index is -0.678. The van der Waals surface area contributed by atoms with E-state index in [9.17, 15) is 8.78 Å². The highest BCUT2D eigenvalue weighted by atomic mass is 19.1. The monoisotopic (exact) mass is 269 g/mol. The van der Waals surface area contributed by atoms with E-state index in [0.29, 0.717) is 5.69 Å². The van der Waals surface area contributed by atoms with Crippen molar-refractivity contribution in [2.45, 2.75) is 25.8 Å². The third-order valence-electron chi connectivity index (χ3n) is 3.76. The Labute approximate surface area is 113 Å². The van der Waals surface area contributed by atoms with Crippen LogP contribution in [0.2, 0.25) is 0 Å². The molecule has 19 heavy (non-hydrogen) atoms. The van der Waals surface area contributed by atoms with Crippen molar-refractivity contribution < 1.29 is 8.78 Å². The molecule has 1 saturated heterocycles. The minimum absolute atomic E-state index is 0.0457. The molecular weight excluding hydrogens is 248 g/mol. The first-order chi connectivity index (χ1) is 9.02. The Morgan fingerprint density at radius 1 is 1.32 bits per heavy atom. The molecule has 0 bridgehead atoms. The highest BCUT2D eigenvalue weighted by Crippen LogP contribution is 2.30. The lowest BCUT2D eigenvalue weighted by atomic mass is 10.1. The average Bonchev–Trinajstić information content (AvgIpc) is 2.55. The fourth-order valence-electron chi connectivity index (χ4n) is 2.72. The van der Waals surface area contributed by atoms with Gasteiger partial charge in [-0.25, -0.2) is 8.78 Å². The van der Waals surface area contributed by atoms with E-state index in [0.717, 1.165) is 38.5 Å². The van der Waals surface area contributed by atoms with Gasteiger partial charge in [-0.1, -0.05) is 6.92 Å². The van der Waals surface area contributed by atoms with Crippen LogP contribution in [0.5, 0.6) is 0 Å². The largest absolute Gasteiger partial charge is 0.395 e. The zero-order valence-electron chi connectivity index (χ0n) is 11.5. The van der Waals surface area contributed by atoms with E-state index in [1.165, 1.54) is 6.07 Å². The van der Waals surface area contributed by atoms with E-state index < -0.39 is 11.6 Å². The summed E-state index contributed by atoms with van der Waals surface area (Å²) in [4.78, 5) is 4.30. The molecule has 1 fully saturated rings. The molecule has 2 rings (SSSR count). The molecule has 106 valence electrons. The molecule has 0 saturated carbocycles. The van der Waals surface area contributed by atoms with Crippen LogP contribution in [0.3, 0.4) is 0 Å². The van der Waals surface area contributed by atoms with Gasteiger partial charge in [-0.15, -0.1) is 0 Å². The summed E-state index contributed by atoms with van der Waals surface area (Å²) in [5.74, 6) is -1.25. The molecule has 5 heteroatoms. The van der Waals surface area contributed by atoms with Gasteiger partial charge in [0, 0.05) is 25.2 Å². The molecule has 1 aliphatic heterocycles. The van der Waals surface area contributed by atoms with Crippen molar-refractivity contribution in [2.75, 3.05) is 37.3 Å². The summed E-state index contributed by atoms with van der Waals surface area (Å²) < 4.78 is 27.0. The van der Waals surface area contributed by atoms with Gasteiger partial charge in [-0.05, 0) is 32.5 Å². The Hall–Kier alpha value is -1.36. The van der Waals surface area contributed by atoms with E-state index >= 15 is 0 Å². The molecule has 0 spiro atoms. The first-order valence-electron chi connectivity index (χ1n) is 6.72. The number of nitrogens with zero attached hydrogens (tertiary/aromatic N) is 2. The van der Waals surface area contributed by atoms with Crippen LogP contribution in [0.4, 0.5) is 20.2 Å². The summed E-state index contributed by atoms with van der Waals surface area (Å²) >= 11 is 0. The van der Waals surface area contributed by atoms with Crippen molar-refractivity contribution in [3.05, 3.63) is 23.8 Å². The number of benzene rings is 1. The lowest BCUT2D eigenvalue weighted by Crippen LogP contribution is -2.40. The first kappa shape index (κ1) is 14.1. The zero-order valence-corrected chi connectivity index (χ0v) is 11.5. The number of rotatable bonds is 2. The SMILES string of the molecule is CCC1CN(C)CCCN1c1cc(F)cc(F)c1N. The van der Waals surface area contributed by atoms with Gasteiger partial charge in [0.1, 0.15) is 5.82 Å². The third-order valence-corrected chi connectivity index (χ3v) is 3.76. The maximum absolute atomic E-state index is 13.6. The maximum Gasteiger partial charge on any atom is 0.151 e. The molecule has 1 aliphatic rings. The van der Waals surface area contributed by atoms with Gasteiger partial charge in [0.05, 0.1) is 11.4 Å². The van der Waals surface area contributed by atoms with Gasteiger partial charge in [-0.3, -0.25) is 0 Å². The number of likely N-dealkylation sites (N-methyl/N-ethyl adjacent to an activating group) is 1. The highest BCUT2D eigenvalue weighted by Gasteiger charge is 2.25. The van der Waals surface area contributed by atoms with Crippen molar-refractivity contribution in [3.8, 4) is 0 Å². The fourth-order valence-corrected chi connectivity index (χ4v) is 2.72. The third kappa shape index (κ3) is 2.97. The molecule has 0 aromatic heterocycles. The predicted octanol–water partition coefficient (Wildman–Crippen LogP) is 2.47. The molecule has 1 atom stereocenters. The molecule has 1 unspecified atom stereocenters. The second kappa shape index (κ2) is 5.74. The normalized spacial score (nSPS) is 21.5. The summed E-state index contributed by atoms with van der Waals surface area (Å²) in [6.45, 7) is 4.73. The predicted molar refractivity (Wildman–Crippen MR) is 74.3 cm³/mol. The van der Waals surface area contributed by atoms with Gasteiger partial charge < -0.3 is 15.5 Å². The van der Waals surface area contributed by atoms with Crippen LogP contribution in [0.25, 0.3) is 0 Å². The molecule has 0 aliphatic carbocycles.